The summed E-state index contributed by atoms with van der Waals surface area (Å²) in [5.41, 5.74) is -0.183. The Morgan fingerprint density at radius 1 is 1.21 bits per heavy atom. The minimum atomic E-state index is -4.53. The third-order valence-corrected chi connectivity index (χ3v) is 5.32. The molecule has 0 bridgehead atoms. The molecule has 0 spiro atoms. The number of rotatable bonds is 5. The zero-order chi connectivity index (χ0) is 19.7. The molecule has 2 aromatic heterocycles. The molecular weight excluding hydrogens is 389 g/mol. The number of hydrogen-bond acceptors (Lipinski definition) is 6. The molecule has 1 N–H and O–H groups in total. The van der Waals surface area contributed by atoms with Crippen molar-refractivity contribution in [3.63, 3.8) is 0 Å². The molecule has 1 atom stereocenters. The van der Waals surface area contributed by atoms with Crippen LogP contribution in [0.2, 0.25) is 0 Å². The van der Waals surface area contributed by atoms with E-state index in [1.807, 2.05) is 18.2 Å². The number of carbonyl (C=O) groups excluding carboxylic acids is 1. The number of nitrogens with one attached hydrogen (secondary N) is 1. The molecule has 0 saturated heterocycles. The molecule has 2 aliphatic carbocycles. The molecule has 0 aliphatic heterocycles. The molecule has 2 aliphatic rings. The molecular formula is C19H15F3N4OS. The van der Waals surface area contributed by atoms with E-state index < -0.39 is 17.9 Å². The number of Topliss-reactive ketones (excluding diaryl/α,β-unsaturated/α-hetero) is 1. The van der Waals surface area contributed by atoms with Gasteiger partial charge in [0.05, 0.1) is 10.9 Å². The lowest BCUT2D eigenvalue weighted by Crippen LogP contribution is -2.18. The van der Waals surface area contributed by atoms with E-state index in [1.54, 1.807) is 18.3 Å². The third-order valence-electron chi connectivity index (χ3n) is 4.26. The fraction of sp³-hybridized carbons (Fsp3) is 0.263. The van der Waals surface area contributed by atoms with Gasteiger partial charge >= 0.3 is 6.18 Å². The molecule has 0 aromatic carbocycles. The highest BCUT2D eigenvalue weighted by Gasteiger charge is 2.33. The van der Waals surface area contributed by atoms with Crippen LogP contribution in [-0.2, 0) is 6.18 Å². The summed E-state index contributed by atoms with van der Waals surface area (Å²) in [6, 6.07) is 0.408. The molecule has 1 unspecified atom stereocenters. The van der Waals surface area contributed by atoms with E-state index in [0.29, 0.717) is 5.01 Å². The Bertz CT molecular complexity index is 989. The second-order valence-electron chi connectivity index (χ2n) is 6.47. The number of aromatic nitrogens is 3. The average molecular weight is 404 g/mol. The number of alkyl halides is 3. The molecule has 144 valence electrons. The van der Waals surface area contributed by atoms with Crippen LogP contribution in [0.3, 0.4) is 0 Å². The van der Waals surface area contributed by atoms with Crippen molar-refractivity contribution in [2.24, 2.45) is 5.92 Å². The molecule has 0 amide bonds. The van der Waals surface area contributed by atoms with Gasteiger partial charge in [0.2, 0.25) is 5.95 Å². The number of allylic oxidation sites excluding steroid dienone is 4. The number of hydrogen-bond donors (Lipinski definition) is 1. The molecule has 5 nitrogen and oxygen atoms in total. The fourth-order valence-corrected chi connectivity index (χ4v) is 3.62. The van der Waals surface area contributed by atoms with Gasteiger partial charge in [-0.3, -0.25) is 4.79 Å². The summed E-state index contributed by atoms with van der Waals surface area (Å²) in [6.07, 6.45) is 9.12. The highest BCUT2D eigenvalue weighted by atomic mass is 32.1. The summed E-state index contributed by atoms with van der Waals surface area (Å²) >= 11 is 1.32. The van der Waals surface area contributed by atoms with Crippen molar-refractivity contribution in [1.82, 2.24) is 15.0 Å². The van der Waals surface area contributed by atoms with Crippen molar-refractivity contribution in [2.45, 2.75) is 25.1 Å². The highest BCUT2D eigenvalue weighted by Crippen LogP contribution is 2.35. The van der Waals surface area contributed by atoms with E-state index in [4.69, 9.17) is 0 Å². The zero-order valence-corrected chi connectivity index (χ0v) is 15.3. The molecule has 4 rings (SSSR count). The number of nitrogens with zero attached hydrogens (tertiary/aromatic N) is 3. The summed E-state index contributed by atoms with van der Waals surface area (Å²) in [7, 11) is 0. The fourth-order valence-electron chi connectivity index (χ4n) is 2.68. The summed E-state index contributed by atoms with van der Waals surface area (Å²) < 4.78 is 38.5. The lowest BCUT2D eigenvalue weighted by molar-refractivity contribution is -0.141. The van der Waals surface area contributed by atoms with Gasteiger partial charge in [-0.2, -0.15) is 13.2 Å². The Hall–Kier alpha value is -2.81. The van der Waals surface area contributed by atoms with Crippen molar-refractivity contribution < 1.29 is 18.0 Å². The van der Waals surface area contributed by atoms with Crippen LogP contribution >= 0.6 is 11.3 Å². The van der Waals surface area contributed by atoms with Gasteiger partial charge in [-0.15, -0.1) is 11.3 Å². The van der Waals surface area contributed by atoms with E-state index >= 15 is 0 Å². The maximum atomic E-state index is 12.8. The standard InChI is InChI=1S/C19H15F3N4OS/c20-19(21,22)15-7-8-23-18(26-15)25-13-4-2-1-3-12(9-13)14-10-24-17(28-14)16(27)11-5-6-11/h1-4,7-11,13H,5-6H2,(H,23,25,26). The topological polar surface area (TPSA) is 67.8 Å². The van der Waals surface area contributed by atoms with Crippen molar-refractivity contribution in [2.75, 3.05) is 5.32 Å². The average Bonchev–Trinajstić information content (AvgIpc) is 3.43. The van der Waals surface area contributed by atoms with Crippen molar-refractivity contribution >= 4 is 28.6 Å². The number of anilines is 1. The Morgan fingerprint density at radius 3 is 2.79 bits per heavy atom. The minimum absolute atomic E-state index is 0.0830. The van der Waals surface area contributed by atoms with E-state index in [0.717, 1.165) is 35.6 Å². The van der Waals surface area contributed by atoms with Gasteiger partial charge in [0.1, 0.15) is 5.69 Å². The lowest BCUT2D eigenvalue weighted by atomic mass is 10.1. The summed E-state index contributed by atoms with van der Waals surface area (Å²) in [5, 5.41) is 3.38. The number of carbonyl (C=O) groups is 1. The minimum Gasteiger partial charge on any atom is -0.344 e. The SMILES string of the molecule is O=C(c1ncc(C2=CC(Nc3nccc(C(F)(F)F)n3)C=CC=C2)s1)C1CC1. The van der Waals surface area contributed by atoms with Crippen molar-refractivity contribution in [1.29, 1.82) is 0 Å². The van der Waals surface area contributed by atoms with E-state index in [-0.39, 0.29) is 17.6 Å². The smallest absolute Gasteiger partial charge is 0.344 e. The monoisotopic (exact) mass is 404 g/mol. The maximum absolute atomic E-state index is 12.8. The van der Waals surface area contributed by atoms with Crippen LogP contribution in [0.1, 0.15) is 33.2 Å². The molecule has 1 saturated carbocycles. The first-order chi connectivity index (χ1) is 13.4. The summed E-state index contributed by atoms with van der Waals surface area (Å²) in [4.78, 5) is 24.6. The van der Waals surface area contributed by atoms with Crippen LogP contribution in [0, 0.1) is 5.92 Å². The van der Waals surface area contributed by atoms with E-state index in [1.165, 1.54) is 11.3 Å². The van der Waals surface area contributed by atoms with Crippen molar-refractivity contribution in [3.05, 3.63) is 64.4 Å². The summed E-state index contributed by atoms with van der Waals surface area (Å²) in [6.45, 7) is 0. The first kappa shape index (κ1) is 18.5. The van der Waals surface area contributed by atoms with Crippen LogP contribution in [0.25, 0.3) is 5.57 Å². The van der Waals surface area contributed by atoms with Gasteiger partial charge in [0.25, 0.3) is 0 Å². The van der Waals surface area contributed by atoms with Crippen LogP contribution in [-0.4, -0.2) is 26.8 Å². The molecule has 0 radical (unpaired) electrons. The molecule has 1 fully saturated rings. The number of thiazole rings is 1. The van der Waals surface area contributed by atoms with E-state index in [2.05, 4.69) is 20.3 Å². The van der Waals surface area contributed by atoms with Gasteiger partial charge < -0.3 is 5.32 Å². The van der Waals surface area contributed by atoms with Gasteiger partial charge in [-0.25, -0.2) is 15.0 Å². The van der Waals surface area contributed by atoms with Crippen LogP contribution in [0.15, 0.2) is 48.8 Å². The van der Waals surface area contributed by atoms with Gasteiger partial charge in [-0.05, 0) is 30.6 Å². The van der Waals surface area contributed by atoms with Gasteiger partial charge in [0.15, 0.2) is 10.8 Å². The molecule has 2 aromatic rings. The maximum Gasteiger partial charge on any atom is 0.433 e. The van der Waals surface area contributed by atoms with E-state index in [9.17, 15) is 18.0 Å². The number of halogens is 3. The van der Waals surface area contributed by atoms with Gasteiger partial charge in [-0.1, -0.05) is 24.3 Å². The Labute approximate surface area is 162 Å². The van der Waals surface area contributed by atoms with Crippen LogP contribution in [0.4, 0.5) is 19.1 Å². The van der Waals surface area contributed by atoms with Gasteiger partial charge in [0, 0.05) is 18.3 Å². The second-order valence-corrected chi connectivity index (χ2v) is 7.50. The summed E-state index contributed by atoms with van der Waals surface area (Å²) in [5.74, 6) is 0.0716. The van der Waals surface area contributed by atoms with Crippen LogP contribution < -0.4 is 5.32 Å². The molecule has 9 heteroatoms. The lowest BCUT2D eigenvalue weighted by Gasteiger charge is -2.13. The predicted octanol–water partition coefficient (Wildman–Crippen LogP) is 4.53. The Balaban J connectivity index is 1.55. The Kier molecular flexibility index (Phi) is 4.84. The quantitative estimate of drug-likeness (QED) is 0.742. The third kappa shape index (κ3) is 4.19. The highest BCUT2D eigenvalue weighted by molar-refractivity contribution is 7.14. The Morgan fingerprint density at radius 2 is 2.04 bits per heavy atom. The first-order valence-corrected chi connectivity index (χ1v) is 9.46. The second kappa shape index (κ2) is 7.31. The first-order valence-electron chi connectivity index (χ1n) is 8.64. The van der Waals surface area contributed by atoms with Crippen LogP contribution in [0.5, 0.6) is 0 Å². The predicted molar refractivity (Wildman–Crippen MR) is 99.9 cm³/mol. The normalized spacial score (nSPS) is 19.2. The molecule has 28 heavy (non-hydrogen) atoms. The largest absolute Gasteiger partial charge is 0.433 e. The van der Waals surface area contributed by atoms with Crippen molar-refractivity contribution in [3.8, 4) is 0 Å². The number of ketones is 1. The molecule has 2 heterocycles. The zero-order valence-electron chi connectivity index (χ0n) is 14.5.